The molecule has 0 spiro atoms. The van der Waals surface area contributed by atoms with Crippen LogP contribution >= 0.6 is 34.4 Å². The molecule has 0 atom stereocenters. The van der Waals surface area contributed by atoms with Gasteiger partial charge in [-0.3, -0.25) is 4.79 Å². The number of nitrogens with zero attached hydrogens (tertiary/aromatic N) is 2. The lowest BCUT2D eigenvalue weighted by Gasteiger charge is -2.05. The molecule has 0 unspecified atom stereocenters. The van der Waals surface area contributed by atoms with Gasteiger partial charge in [0.1, 0.15) is 16.7 Å². The summed E-state index contributed by atoms with van der Waals surface area (Å²) in [5.41, 5.74) is 1.30. The van der Waals surface area contributed by atoms with Crippen LogP contribution in [0.3, 0.4) is 0 Å². The van der Waals surface area contributed by atoms with Crippen LogP contribution in [0, 0.1) is 18.3 Å². The number of rotatable bonds is 10. The SMILES string of the molecule is CCOC(=O)c1sc(CC(=O)C(C#N)=Cc2ccc(Sc3nc4ccccc4s3)o2)c(C(=O)OCC)c1C. The molecule has 0 N–H and O–H groups in total. The third-order valence-corrected chi connectivity index (χ3v) is 8.54. The maximum Gasteiger partial charge on any atom is 0.348 e. The summed E-state index contributed by atoms with van der Waals surface area (Å²) in [4.78, 5) is 43.2. The maximum atomic E-state index is 13.1. The van der Waals surface area contributed by atoms with Crippen LogP contribution < -0.4 is 0 Å². The number of thiazole rings is 1. The average molecular weight is 567 g/mol. The van der Waals surface area contributed by atoms with Crippen molar-refractivity contribution in [1.82, 2.24) is 4.98 Å². The first kappa shape index (κ1) is 27.3. The first-order chi connectivity index (χ1) is 18.3. The Kier molecular flexibility index (Phi) is 8.78. The fourth-order valence-electron chi connectivity index (χ4n) is 3.57. The normalized spacial score (nSPS) is 11.4. The predicted octanol–water partition coefficient (Wildman–Crippen LogP) is 6.48. The van der Waals surface area contributed by atoms with E-state index in [4.69, 9.17) is 13.9 Å². The number of thiophene rings is 1. The van der Waals surface area contributed by atoms with E-state index < -0.39 is 17.7 Å². The molecule has 194 valence electrons. The molecule has 0 radical (unpaired) electrons. The van der Waals surface area contributed by atoms with Gasteiger partial charge in [-0.2, -0.15) is 5.26 Å². The van der Waals surface area contributed by atoms with Crippen LogP contribution in [0.1, 0.15) is 50.1 Å². The van der Waals surface area contributed by atoms with Gasteiger partial charge in [-0.05, 0) is 62.4 Å². The van der Waals surface area contributed by atoms with Crippen molar-refractivity contribution >= 4 is 68.4 Å². The Bertz CT molecular complexity index is 1550. The number of carbonyl (C=O) groups is 3. The quantitative estimate of drug-likeness (QED) is 0.121. The molecule has 0 fully saturated rings. The van der Waals surface area contributed by atoms with E-state index in [1.165, 1.54) is 17.8 Å². The Morgan fingerprint density at radius 1 is 1.08 bits per heavy atom. The number of Topliss-reactive ketones (excluding diaryl/α,β-unsaturated/α-hetero) is 1. The number of para-hydroxylation sites is 1. The highest BCUT2D eigenvalue weighted by Gasteiger charge is 2.28. The molecule has 11 heteroatoms. The molecule has 0 amide bonds. The number of benzene rings is 1. The van der Waals surface area contributed by atoms with E-state index in [1.54, 1.807) is 44.2 Å². The number of nitriles is 1. The van der Waals surface area contributed by atoms with Gasteiger partial charge >= 0.3 is 11.9 Å². The van der Waals surface area contributed by atoms with E-state index >= 15 is 0 Å². The highest BCUT2D eigenvalue weighted by molar-refractivity contribution is 8.01. The van der Waals surface area contributed by atoms with E-state index in [-0.39, 0.29) is 35.6 Å². The molecule has 4 rings (SSSR count). The molecule has 0 saturated heterocycles. The maximum absolute atomic E-state index is 13.1. The number of ketones is 1. The first-order valence-electron chi connectivity index (χ1n) is 11.6. The van der Waals surface area contributed by atoms with Gasteiger partial charge in [-0.25, -0.2) is 14.6 Å². The first-order valence-corrected chi connectivity index (χ1v) is 14.0. The minimum Gasteiger partial charge on any atom is -0.462 e. The number of aromatic nitrogens is 1. The summed E-state index contributed by atoms with van der Waals surface area (Å²) < 4.78 is 17.9. The molecule has 0 bridgehead atoms. The van der Waals surface area contributed by atoms with Crippen molar-refractivity contribution in [2.24, 2.45) is 0 Å². The number of esters is 2. The number of furan rings is 1. The third-order valence-electron chi connectivity index (χ3n) is 5.25. The lowest BCUT2D eigenvalue weighted by molar-refractivity contribution is -0.114. The van der Waals surface area contributed by atoms with Gasteiger partial charge in [0.05, 0.1) is 34.6 Å². The van der Waals surface area contributed by atoms with E-state index in [0.717, 1.165) is 25.9 Å². The smallest absolute Gasteiger partial charge is 0.348 e. The number of ether oxygens (including phenoxy) is 2. The number of allylic oxidation sites excluding steroid dienone is 1. The monoisotopic (exact) mass is 566 g/mol. The summed E-state index contributed by atoms with van der Waals surface area (Å²) in [6.07, 6.45) is 1.11. The largest absolute Gasteiger partial charge is 0.462 e. The molecular weight excluding hydrogens is 545 g/mol. The molecule has 1 aromatic carbocycles. The lowest BCUT2D eigenvalue weighted by Crippen LogP contribution is -2.12. The molecule has 0 aliphatic heterocycles. The Labute approximate surface area is 230 Å². The second kappa shape index (κ2) is 12.2. The summed E-state index contributed by atoms with van der Waals surface area (Å²) in [7, 11) is 0. The Balaban J connectivity index is 1.55. The van der Waals surface area contributed by atoms with Gasteiger partial charge in [0.2, 0.25) is 0 Å². The summed E-state index contributed by atoms with van der Waals surface area (Å²) in [5, 5.41) is 10.2. The van der Waals surface area contributed by atoms with E-state index in [1.807, 2.05) is 30.3 Å². The van der Waals surface area contributed by atoms with Crippen molar-refractivity contribution in [2.75, 3.05) is 13.2 Å². The van der Waals surface area contributed by atoms with Crippen LogP contribution in [0.5, 0.6) is 0 Å². The Hall–Kier alpha value is -3.72. The van der Waals surface area contributed by atoms with Gasteiger partial charge in [0.15, 0.2) is 15.2 Å². The number of carbonyl (C=O) groups excluding carboxylic acids is 3. The zero-order chi connectivity index (χ0) is 27.2. The van der Waals surface area contributed by atoms with E-state index in [2.05, 4.69) is 4.98 Å². The van der Waals surface area contributed by atoms with Crippen molar-refractivity contribution in [3.05, 3.63) is 68.6 Å². The van der Waals surface area contributed by atoms with Crippen LogP contribution in [0.25, 0.3) is 16.3 Å². The zero-order valence-corrected chi connectivity index (χ0v) is 23.2. The van der Waals surface area contributed by atoms with Crippen molar-refractivity contribution in [3.63, 3.8) is 0 Å². The lowest BCUT2D eigenvalue weighted by atomic mass is 10.0. The van der Waals surface area contributed by atoms with Crippen molar-refractivity contribution in [1.29, 1.82) is 5.26 Å². The fourth-order valence-corrected chi connectivity index (χ4v) is 6.72. The molecule has 4 aromatic rings. The van der Waals surface area contributed by atoms with Gasteiger partial charge in [0.25, 0.3) is 0 Å². The molecule has 3 heterocycles. The van der Waals surface area contributed by atoms with E-state index in [0.29, 0.717) is 21.3 Å². The van der Waals surface area contributed by atoms with Gasteiger partial charge < -0.3 is 13.9 Å². The molecule has 38 heavy (non-hydrogen) atoms. The van der Waals surface area contributed by atoms with Gasteiger partial charge in [-0.1, -0.05) is 12.1 Å². The Morgan fingerprint density at radius 3 is 2.53 bits per heavy atom. The number of fused-ring (bicyclic) bond motifs is 1. The van der Waals surface area contributed by atoms with Crippen LogP contribution in [0.15, 0.2) is 55.8 Å². The topological polar surface area (TPSA) is 119 Å². The molecule has 0 saturated carbocycles. The van der Waals surface area contributed by atoms with Crippen molar-refractivity contribution < 1.29 is 28.3 Å². The minimum atomic E-state index is -0.635. The number of hydrogen-bond donors (Lipinski definition) is 0. The highest BCUT2D eigenvalue weighted by atomic mass is 32.2. The van der Waals surface area contributed by atoms with Gasteiger partial charge in [0, 0.05) is 17.4 Å². The molecule has 0 aliphatic carbocycles. The van der Waals surface area contributed by atoms with Crippen LogP contribution in [0.4, 0.5) is 0 Å². The standard InChI is InChI=1S/C27H22N2O6S3/c1-4-33-25(31)23-15(3)24(26(32)34-5-2)36-21(23)13-19(30)16(14-28)12-17-10-11-22(35-17)38-27-29-18-8-6-7-9-20(18)37-27/h6-12H,4-5,13H2,1-3H3. The second-order valence-corrected chi connectivity index (χ2v) is 11.2. The molecule has 3 aromatic heterocycles. The second-order valence-electron chi connectivity index (χ2n) is 7.77. The molecular formula is C27H22N2O6S3. The summed E-state index contributed by atoms with van der Waals surface area (Å²) in [6.45, 7) is 5.26. The summed E-state index contributed by atoms with van der Waals surface area (Å²) in [6, 6.07) is 13.1. The van der Waals surface area contributed by atoms with Crippen molar-refractivity contribution in [2.45, 2.75) is 36.6 Å². The van der Waals surface area contributed by atoms with Crippen LogP contribution in [-0.2, 0) is 20.7 Å². The average Bonchev–Trinajstić information content (AvgIpc) is 3.59. The number of hydrogen-bond acceptors (Lipinski definition) is 11. The Morgan fingerprint density at radius 2 is 1.82 bits per heavy atom. The van der Waals surface area contributed by atoms with Crippen molar-refractivity contribution in [3.8, 4) is 6.07 Å². The minimum absolute atomic E-state index is 0.134. The highest BCUT2D eigenvalue weighted by Crippen LogP contribution is 2.35. The van der Waals surface area contributed by atoms with Crippen LogP contribution in [-0.4, -0.2) is 35.9 Å². The van der Waals surface area contributed by atoms with E-state index in [9.17, 15) is 19.6 Å². The summed E-state index contributed by atoms with van der Waals surface area (Å²) in [5.74, 6) is -1.40. The van der Waals surface area contributed by atoms with Crippen LogP contribution in [0.2, 0.25) is 0 Å². The predicted molar refractivity (Wildman–Crippen MR) is 146 cm³/mol. The van der Waals surface area contributed by atoms with Gasteiger partial charge in [-0.15, -0.1) is 22.7 Å². The third kappa shape index (κ3) is 6.05. The fraction of sp³-hybridized carbons (Fsp3) is 0.222. The summed E-state index contributed by atoms with van der Waals surface area (Å²) >= 11 is 3.88. The molecule has 8 nitrogen and oxygen atoms in total. The molecule has 0 aliphatic rings. The zero-order valence-electron chi connectivity index (χ0n) is 20.7.